The van der Waals surface area contributed by atoms with E-state index < -0.39 is 30.6 Å². The van der Waals surface area contributed by atoms with Crippen LogP contribution in [0.5, 0.6) is 0 Å². The smallest absolute Gasteiger partial charge is 0.325 e. The van der Waals surface area contributed by atoms with Crippen molar-refractivity contribution in [3.8, 4) is 0 Å². The van der Waals surface area contributed by atoms with Gasteiger partial charge in [0.1, 0.15) is 12.6 Å². The van der Waals surface area contributed by atoms with Crippen LogP contribution in [0.3, 0.4) is 0 Å². The lowest BCUT2D eigenvalue weighted by atomic mass is 9.84. The number of nitrogens with one attached hydrogen (secondary N) is 3. The Balaban J connectivity index is 1.88. The Hall–Kier alpha value is -2.38. The molecule has 0 radical (unpaired) electrons. The molecule has 8 nitrogen and oxygen atoms in total. The van der Waals surface area contributed by atoms with Gasteiger partial charge >= 0.3 is 12.1 Å². The lowest BCUT2D eigenvalue weighted by molar-refractivity contribution is -0.132. The predicted octanol–water partition coefficient (Wildman–Crippen LogP) is 0.499. The summed E-state index contributed by atoms with van der Waals surface area (Å²) in [4.78, 5) is 48.3. The van der Waals surface area contributed by atoms with Crippen LogP contribution in [0.4, 0.5) is 9.59 Å². The molecular formula is C15H22N4O4. The monoisotopic (exact) mass is 322 g/mol. The minimum atomic E-state index is -0.709. The molecule has 2 fully saturated rings. The molecule has 0 aromatic rings. The molecule has 2 rings (SSSR count). The summed E-state index contributed by atoms with van der Waals surface area (Å²) in [6.07, 6.45) is 6.53. The number of rotatable bonds is 5. The first-order valence-corrected chi connectivity index (χ1v) is 7.83. The maximum absolute atomic E-state index is 12.4. The van der Waals surface area contributed by atoms with E-state index in [0.29, 0.717) is 0 Å². The first-order chi connectivity index (χ1) is 11.0. The zero-order chi connectivity index (χ0) is 16.8. The zero-order valence-corrected chi connectivity index (χ0v) is 13.0. The van der Waals surface area contributed by atoms with Crippen LogP contribution in [0.1, 0.15) is 32.1 Å². The van der Waals surface area contributed by atoms with Gasteiger partial charge in [-0.15, -0.1) is 6.58 Å². The molecule has 6 amide bonds. The van der Waals surface area contributed by atoms with Crippen LogP contribution in [0.2, 0.25) is 0 Å². The van der Waals surface area contributed by atoms with Crippen LogP contribution >= 0.6 is 0 Å². The summed E-state index contributed by atoms with van der Waals surface area (Å²) in [5.41, 5.74) is 0. The quantitative estimate of drug-likeness (QED) is 0.506. The summed E-state index contributed by atoms with van der Waals surface area (Å²) in [7, 11) is 0. The Morgan fingerprint density at radius 3 is 2.61 bits per heavy atom. The third kappa shape index (κ3) is 4.30. The number of nitrogens with zero attached hydrogens (tertiary/aromatic N) is 1. The molecule has 1 aliphatic heterocycles. The third-order valence-electron chi connectivity index (χ3n) is 4.14. The van der Waals surface area contributed by atoms with Gasteiger partial charge in [-0.1, -0.05) is 25.3 Å². The van der Waals surface area contributed by atoms with Crippen molar-refractivity contribution in [1.82, 2.24) is 20.9 Å². The largest absolute Gasteiger partial charge is 0.334 e. The van der Waals surface area contributed by atoms with Crippen LogP contribution in [0.25, 0.3) is 0 Å². The number of urea groups is 2. The van der Waals surface area contributed by atoms with E-state index in [1.165, 1.54) is 6.08 Å². The van der Waals surface area contributed by atoms with E-state index >= 15 is 0 Å². The van der Waals surface area contributed by atoms with Gasteiger partial charge in [-0.2, -0.15) is 0 Å². The molecule has 126 valence electrons. The molecule has 0 spiro atoms. The molecule has 0 unspecified atom stereocenters. The fourth-order valence-electron chi connectivity index (χ4n) is 3.00. The van der Waals surface area contributed by atoms with E-state index in [9.17, 15) is 19.2 Å². The maximum Gasteiger partial charge on any atom is 0.325 e. The molecule has 3 N–H and O–H groups in total. The fourth-order valence-corrected chi connectivity index (χ4v) is 3.00. The first-order valence-electron chi connectivity index (χ1n) is 7.83. The summed E-state index contributed by atoms with van der Waals surface area (Å²) < 4.78 is 0. The number of hydrogen-bond donors (Lipinski definition) is 3. The van der Waals surface area contributed by atoms with Crippen molar-refractivity contribution in [3.63, 3.8) is 0 Å². The Labute approximate surface area is 134 Å². The van der Waals surface area contributed by atoms with E-state index in [2.05, 4.69) is 22.5 Å². The second-order valence-corrected chi connectivity index (χ2v) is 5.80. The second kappa shape index (κ2) is 7.75. The fraction of sp³-hybridized carbons (Fsp3) is 0.600. The molecule has 1 saturated heterocycles. The minimum absolute atomic E-state index is 0.129. The molecule has 8 heteroatoms. The average molecular weight is 322 g/mol. The number of carbonyl (C=O) groups excluding carboxylic acids is 4. The molecule has 1 heterocycles. The topological polar surface area (TPSA) is 108 Å². The lowest BCUT2D eigenvalue weighted by Gasteiger charge is -2.25. The van der Waals surface area contributed by atoms with Gasteiger partial charge in [0.05, 0.1) is 0 Å². The van der Waals surface area contributed by atoms with Gasteiger partial charge < -0.3 is 10.6 Å². The SMILES string of the molecule is C=CCNC(=O)NC(=O)CN1C(=O)N[C@@H](C2CCCCC2)C1=O. The van der Waals surface area contributed by atoms with Gasteiger partial charge in [-0.25, -0.2) is 9.59 Å². The molecule has 1 atom stereocenters. The molecule has 0 aromatic carbocycles. The van der Waals surface area contributed by atoms with Gasteiger partial charge in [0.2, 0.25) is 5.91 Å². The summed E-state index contributed by atoms with van der Waals surface area (Å²) in [6, 6.07) is -1.82. The number of imide groups is 2. The van der Waals surface area contributed by atoms with E-state index in [-0.39, 0.29) is 18.4 Å². The number of hydrogen-bond acceptors (Lipinski definition) is 4. The molecule has 2 aliphatic rings. The van der Waals surface area contributed by atoms with Gasteiger partial charge in [0.15, 0.2) is 0 Å². The van der Waals surface area contributed by atoms with Crippen LogP contribution in [0, 0.1) is 5.92 Å². The van der Waals surface area contributed by atoms with Crippen molar-refractivity contribution in [3.05, 3.63) is 12.7 Å². The third-order valence-corrected chi connectivity index (χ3v) is 4.14. The lowest BCUT2D eigenvalue weighted by Crippen LogP contribution is -2.46. The summed E-state index contributed by atoms with van der Waals surface area (Å²) >= 11 is 0. The van der Waals surface area contributed by atoms with Crippen molar-refractivity contribution in [2.75, 3.05) is 13.1 Å². The second-order valence-electron chi connectivity index (χ2n) is 5.80. The maximum atomic E-state index is 12.4. The molecule has 0 aromatic heterocycles. The summed E-state index contributed by atoms with van der Waals surface area (Å²) in [6.45, 7) is 3.19. The van der Waals surface area contributed by atoms with Gasteiger partial charge in [-0.3, -0.25) is 19.8 Å². The van der Waals surface area contributed by atoms with Crippen molar-refractivity contribution < 1.29 is 19.2 Å². The van der Waals surface area contributed by atoms with E-state index in [1.54, 1.807) is 0 Å². The van der Waals surface area contributed by atoms with E-state index in [4.69, 9.17) is 0 Å². The Morgan fingerprint density at radius 1 is 1.26 bits per heavy atom. The highest BCUT2D eigenvalue weighted by Crippen LogP contribution is 2.29. The highest BCUT2D eigenvalue weighted by atomic mass is 16.2. The molecular weight excluding hydrogens is 300 g/mol. The van der Waals surface area contributed by atoms with E-state index in [0.717, 1.165) is 37.0 Å². The van der Waals surface area contributed by atoms with Gasteiger partial charge in [-0.05, 0) is 18.8 Å². The zero-order valence-electron chi connectivity index (χ0n) is 13.0. The Bertz CT molecular complexity index is 514. The molecule has 0 bridgehead atoms. The van der Waals surface area contributed by atoms with Crippen LogP contribution in [0.15, 0.2) is 12.7 Å². The normalized spacial score (nSPS) is 21.7. The minimum Gasteiger partial charge on any atom is -0.334 e. The highest BCUT2D eigenvalue weighted by molar-refractivity contribution is 6.07. The first kappa shape index (κ1) is 17.0. The summed E-state index contributed by atoms with van der Waals surface area (Å²) in [5, 5.41) is 7.10. The highest BCUT2D eigenvalue weighted by Gasteiger charge is 2.43. The average Bonchev–Trinajstić information content (AvgIpc) is 2.82. The van der Waals surface area contributed by atoms with Crippen molar-refractivity contribution >= 4 is 23.9 Å². The standard InChI is InChI=1S/C15H22N4O4/c1-2-8-16-14(22)17-11(20)9-19-13(21)12(18-15(19)23)10-6-4-3-5-7-10/h2,10,12H,1,3-9H2,(H,18,23)(H2,16,17,20,22)/t12-/m0/s1. The van der Waals surface area contributed by atoms with Crippen LogP contribution < -0.4 is 16.0 Å². The van der Waals surface area contributed by atoms with Crippen molar-refractivity contribution in [1.29, 1.82) is 0 Å². The van der Waals surface area contributed by atoms with Gasteiger partial charge in [0, 0.05) is 6.54 Å². The van der Waals surface area contributed by atoms with Crippen LogP contribution in [-0.4, -0.2) is 47.9 Å². The van der Waals surface area contributed by atoms with Gasteiger partial charge in [0.25, 0.3) is 5.91 Å². The molecule has 1 saturated carbocycles. The summed E-state index contributed by atoms with van der Waals surface area (Å²) in [5.74, 6) is -0.966. The van der Waals surface area contributed by atoms with Crippen molar-refractivity contribution in [2.24, 2.45) is 5.92 Å². The Kier molecular flexibility index (Phi) is 5.72. The number of amides is 6. The predicted molar refractivity (Wildman–Crippen MR) is 82.3 cm³/mol. The number of carbonyl (C=O) groups is 4. The molecule has 1 aliphatic carbocycles. The van der Waals surface area contributed by atoms with E-state index in [1.807, 2.05) is 0 Å². The van der Waals surface area contributed by atoms with Crippen molar-refractivity contribution in [2.45, 2.75) is 38.1 Å². The Morgan fingerprint density at radius 2 is 1.96 bits per heavy atom. The molecule has 23 heavy (non-hydrogen) atoms. The van der Waals surface area contributed by atoms with Crippen LogP contribution in [-0.2, 0) is 9.59 Å².